The summed E-state index contributed by atoms with van der Waals surface area (Å²) < 4.78 is 0. The van der Waals surface area contributed by atoms with Gasteiger partial charge in [-0.25, -0.2) is 4.99 Å². The van der Waals surface area contributed by atoms with E-state index < -0.39 is 0 Å². The zero-order valence-corrected chi connectivity index (χ0v) is 14.5. The molecule has 3 nitrogen and oxygen atoms in total. The monoisotopic (exact) mass is 327 g/mol. The lowest BCUT2D eigenvalue weighted by Gasteiger charge is -2.21. The third kappa shape index (κ3) is 3.83. The topological polar surface area (TPSA) is 39.5 Å². The molecule has 25 heavy (non-hydrogen) atoms. The summed E-state index contributed by atoms with van der Waals surface area (Å²) in [7, 11) is 0. The molecule has 0 saturated heterocycles. The van der Waals surface area contributed by atoms with E-state index in [0.717, 1.165) is 28.1 Å². The standard InChI is InChI=1S/C22H21N3/c1-17-10-9-11-18(2)21(17)24-16-25(20-14-7-4-8-15-20)22(23)19-12-5-3-6-13-19/h3-16,23H,1-2H3. The molecule has 0 aliphatic heterocycles. The predicted molar refractivity (Wildman–Crippen MR) is 106 cm³/mol. The highest BCUT2D eigenvalue weighted by molar-refractivity contribution is 6.18. The summed E-state index contributed by atoms with van der Waals surface area (Å²) in [6, 6.07) is 25.7. The van der Waals surface area contributed by atoms with Gasteiger partial charge in [-0.2, -0.15) is 0 Å². The minimum atomic E-state index is 0.391. The average molecular weight is 327 g/mol. The molecule has 0 amide bonds. The molecule has 0 fully saturated rings. The number of nitrogens with one attached hydrogen (secondary N) is 1. The Morgan fingerprint density at radius 3 is 1.96 bits per heavy atom. The summed E-state index contributed by atoms with van der Waals surface area (Å²) in [5.74, 6) is 0.391. The minimum Gasteiger partial charge on any atom is -0.285 e. The number of rotatable bonds is 4. The number of nitrogens with zero attached hydrogens (tertiary/aromatic N) is 2. The van der Waals surface area contributed by atoms with E-state index in [1.165, 1.54) is 0 Å². The third-order valence-corrected chi connectivity index (χ3v) is 4.06. The van der Waals surface area contributed by atoms with Gasteiger partial charge in [-0.15, -0.1) is 0 Å². The molecule has 0 heterocycles. The first kappa shape index (κ1) is 16.7. The number of hydrogen-bond donors (Lipinski definition) is 1. The number of aliphatic imine (C=N–C) groups is 1. The van der Waals surface area contributed by atoms with Crippen molar-refractivity contribution in [3.63, 3.8) is 0 Å². The van der Waals surface area contributed by atoms with Crippen molar-refractivity contribution < 1.29 is 0 Å². The Hall–Kier alpha value is -3.20. The van der Waals surface area contributed by atoms with Crippen molar-refractivity contribution in [1.82, 2.24) is 0 Å². The zero-order chi connectivity index (χ0) is 17.6. The maximum atomic E-state index is 8.63. The van der Waals surface area contributed by atoms with Crippen LogP contribution in [0.25, 0.3) is 0 Å². The van der Waals surface area contributed by atoms with Crippen LogP contribution >= 0.6 is 0 Å². The molecule has 1 N–H and O–H groups in total. The first-order chi connectivity index (χ1) is 12.2. The Morgan fingerprint density at radius 2 is 1.36 bits per heavy atom. The van der Waals surface area contributed by atoms with Gasteiger partial charge in [0.25, 0.3) is 0 Å². The Labute approximate surface area is 148 Å². The molecule has 0 saturated carbocycles. The summed E-state index contributed by atoms with van der Waals surface area (Å²) in [4.78, 5) is 6.50. The van der Waals surface area contributed by atoms with Gasteiger partial charge in [-0.1, -0.05) is 66.7 Å². The smallest absolute Gasteiger partial charge is 0.137 e. The van der Waals surface area contributed by atoms with Crippen LogP contribution in [0.1, 0.15) is 16.7 Å². The van der Waals surface area contributed by atoms with Crippen molar-refractivity contribution in [3.8, 4) is 0 Å². The van der Waals surface area contributed by atoms with Crippen molar-refractivity contribution in [2.75, 3.05) is 4.90 Å². The fourth-order valence-corrected chi connectivity index (χ4v) is 2.70. The molecular formula is C22H21N3. The zero-order valence-electron chi connectivity index (χ0n) is 14.5. The number of benzene rings is 3. The highest BCUT2D eigenvalue weighted by Gasteiger charge is 2.12. The van der Waals surface area contributed by atoms with Crippen molar-refractivity contribution in [2.45, 2.75) is 13.8 Å². The van der Waals surface area contributed by atoms with Crippen LogP contribution < -0.4 is 4.90 Å². The fraction of sp³-hybridized carbons (Fsp3) is 0.0909. The summed E-state index contributed by atoms with van der Waals surface area (Å²) in [6.45, 7) is 4.10. The molecule has 0 spiro atoms. The minimum absolute atomic E-state index is 0.391. The van der Waals surface area contributed by atoms with E-state index in [9.17, 15) is 0 Å². The highest BCUT2D eigenvalue weighted by Crippen LogP contribution is 2.23. The van der Waals surface area contributed by atoms with Crippen LogP contribution in [-0.2, 0) is 0 Å². The molecule has 0 radical (unpaired) electrons. The highest BCUT2D eigenvalue weighted by atomic mass is 15.2. The van der Waals surface area contributed by atoms with E-state index in [4.69, 9.17) is 5.41 Å². The SMILES string of the molecule is Cc1cccc(C)c1N=CN(C(=N)c1ccccc1)c1ccccc1. The van der Waals surface area contributed by atoms with Crippen molar-refractivity contribution in [3.05, 3.63) is 95.6 Å². The van der Waals surface area contributed by atoms with E-state index in [1.807, 2.05) is 66.7 Å². The van der Waals surface area contributed by atoms with Crippen molar-refractivity contribution in [2.24, 2.45) is 4.99 Å². The second kappa shape index (κ2) is 7.58. The summed E-state index contributed by atoms with van der Waals surface area (Å²) in [6.07, 6.45) is 1.74. The molecule has 0 atom stereocenters. The number of amidine groups is 1. The molecule has 0 aliphatic carbocycles. The predicted octanol–water partition coefficient (Wildman–Crippen LogP) is 5.50. The van der Waals surface area contributed by atoms with Crippen molar-refractivity contribution in [1.29, 1.82) is 5.41 Å². The van der Waals surface area contributed by atoms with E-state index >= 15 is 0 Å². The normalized spacial score (nSPS) is 10.8. The largest absolute Gasteiger partial charge is 0.285 e. The summed E-state index contributed by atoms with van der Waals surface area (Å²) >= 11 is 0. The third-order valence-electron chi connectivity index (χ3n) is 4.06. The lowest BCUT2D eigenvalue weighted by atomic mass is 10.1. The molecule has 0 unspecified atom stereocenters. The van der Waals surface area contributed by atoms with E-state index in [2.05, 4.69) is 31.0 Å². The molecule has 0 bridgehead atoms. The maximum absolute atomic E-state index is 8.63. The number of anilines is 1. The van der Waals surface area contributed by atoms with Crippen molar-refractivity contribution >= 4 is 23.5 Å². The quantitative estimate of drug-likeness (QED) is 0.499. The molecule has 124 valence electrons. The van der Waals surface area contributed by atoms with E-state index in [-0.39, 0.29) is 0 Å². The van der Waals surface area contributed by atoms with Gasteiger partial charge >= 0.3 is 0 Å². The maximum Gasteiger partial charge on any atom is 0.137 e. The van der Waals surface area contributed by atoms with Crippen LogP contribution in [0.3, 0.4) is 0 Å². The number of aryl methyl sites for hydroxylation is 2. The molecule has 3 heteroatoms. The van der Waals surface area contributed by atoms with E-state index in [1.54, 1.807) is 11.2 Å². The van der Waals surface area contributed by atoms with Crippen LogP contribution in [0.5, 0.6) is 0 Å². The Morgan fingerprint density at radius 1 is 0.800 bits per heavy atom. The van der Waals surface area contributed by atoms with Gasteiger partial charge in [0.05, 0.1) is 5.69 Å². The Bertz CT molecular complexity index is 863. The molecule has 3 rings (SSSR count). The second-order valence-corrected chi connectivity index (χ2v) is 5.91. The van der Waals surface area contributed by atoms with Crippen LogP contribution in [0.15, 0.2) is 83.9 Å². The van der Waals surface area contributed by atoms with Gasteiger partial charge < -0.3 is 0 Å². The van der Waals surface area contributed by atoms with Gasteiger partial charge in [0.15, 0.2) is 0 Å². The Kier molecular flexibility index (Phi) is 5.05. The summed E-state index contributed by atoms with van der Waals surface area (Å²) in [5, 5.41) is 8.63. The molecule has 3 aromatic rings. The van der Waals surface area contributed by atoms with Crippen LogP contribution in [0, 0.1) is 19.3 Å². The van der Waals surface area contributed by atoms with Gasteiger partial charge in [0.1, 0.15) is 12.2 Å². The first-order valence-electron chi connectivity index (χ1n) is 8.25. The van der Waals surface area contributed by atoms with Gasteiger partial charge in [0.2, 0.25) is 0 Å². The fourth-order valence-electron chi connectivity index (χ4n) is 2.70. The van der Waals surface area contributed by atoms with Crippen LogP contribution in [-0.4, -0.2) is 12.2 Å². The lowest BCUT2D eigenvalue weighted by Crippen LogP contribution is -2.29. The van der Waals surface area contributed by atoms with Crippen LogP contribution in [0.2, 0.25) is 0 Å². The van der Waals surface area contributed by atoms with Gasteiger partial charge in [-0.3, -0.25) is 10.3 Å². The molecule has 0 aliphatic rings. The number of hydrogen-bond acceptors (Lipinski definition) is 2. The number of para-hydroxylation sites is 2. The van der Waals surface area contributed by atoms with Gasteiger partial charge in [0, 0.05) is 11.3 Å². The summed E-state index contributed by atoms with van der Waals surface area (Å²) in [5.41, 5.74) is 4.95. The molecular weight excluding hydrogens is 306 g/mol. The molecule has 0 aromatic heterocycles. The molecule has 3 aromatic carbocycles. The van der Waals surface area contributed by atoms with Gasteiger partial charge in [-0.05, 0) is 37.1 Å². The Balaban J connectivity index is 2.00. The first-order valence-corrected chi connectivity index (χ1v) is 8.25. The average Bonchev–Trinajstić information content (AvgIpc) is 2.65. The van der Waals surface area contributed by atoms with E-state index in [0.29, 0.717) is 5.84 Å². The second-order valence-electron chi connectivity index (χ2n) is 5.91. The van der Waals surface area contributed by atoms with Crippen LogP contribution in [0.4, 0.5) is 11.4 Å². The lowest BCUT2D eigenvalue weighted by molar-refractivity contribution is 1.30.